The van der Waals surface area contributed by atoms with Gasteiger partial charge in [0.2, 0.25) is 11.7 Å². The van der Waals surface area contributed by atoms with Gasteiger partial charge in [0.05, 0.1) is 26.3 Å². The highest BCUT2D eigenvalue weighted by atomic mass is 16.5. The Morgan fingerprint density at radius 2 is 1.79 bits per heavy atom. The molecule has 2 aromatic carbocycles. The summed E-state index contributed by atoms with van der Waals surface area (Å²) in [4.78, 5) is 16.7. The third-order valence-corrected chi connectivity index (χ3v) is 4.53. The Balaban J connectivity index is 1.67. The van der Waals surface area contributed by atoms with Crippen molar-refractivity contribution in [3.05, 3.63) is 59.5 Å². The predicted octanol–water partition coefficient (Wildman–Crippen LogP) is 3.98. The Labute approximate surface area is 170 Å². The third-order valence-electron chi connectivity index (χ3n) is 4.53. The van der Waals surface area contributed by atoms with Crippen LogP contribution in [0.2, 0.25) is 0 Å². The first-order valence-corrected chi connectivity index (χ1v) is 9.25. The van der Waals surface area contributed by atoms with Crippen LogP contribution in [0.3, 0.4) is 0 Å². The zero-order valence-corrected chi connectivity index (χ0v) is 17.3. The molecule has 1 aromatic heterocycles. The van der Waals surface area contributed by atoms with Crippen molar-refractivity contribution in [1.82, 2.24) is 15.5 Å². The second-order valence-electron chi connectivity index (χ2n) is 7.59. The molecule has 0 aliphatic rings. The van der Waals surface area contributed by atoms with Crippen LogP contribution in [0.25, 0.3) is 11.4 Å². The molecular formula is C22H25N3O4. The number of methoxy groups -OCH3 is 2. The fourth-order valence-corrected chi connectivity index (χ4v) is 2.80. The maximum absolute atomic E-state index is 12.4. The summed E-state index contributed by atoms with van der Waals surface area (Å²) in [5.74, 6) is 1.71. The van der Waals surface area contributed by atoms with E-state index in [2.05, 4.69) is 36.2 Å². The summed E-state index contributed by atoms with van der Waals surface area (Å²) in [5, 5.41) is 6.78. The number of nitrogens with one attached hydrogen (secondary N) is 1. The first kappa shape index (κ1) is 20.4. The van der Waals surface area contributed by atoms with E-state index in [9.17, 15) is 4.79 Å². The van der Waals surface area contributed by atoms with E-state index in [1.54, 1.807) is 32.4 Å². The maximum atomic E-state index is 12.4. The van der Waals surface area contributed by atoms with Crippen molar-refractivity contribution >= 4 is 5.91 Å². The quantitative estimate of drug-likeness (QED) is 0.679. The molecule has 7 nitrogen and oxygen atoms in total. The number of carbonyl (C=O) groups excluding carboxylic acids is 1. The second kappa shape index (κ2) is 8.34. The zero-order chi connectivity index (χ0) is 21.0. The van der Waals surface area contributed by atoms with Crippen LogP contribution in [0.4, 0.5) is 0 Å². The van der Waals surface area contributed by atoms with Crippen molar-refractivity contribution in [2.45, 2.75) is 32.7 Å². The number of hydrogen-bond donors (Lipinski definition) is 1. The standard InChI is InChI=1S/C22H25N3O4/c1-22(2,3)15-8-6-14(7-9-15)21(26)23-13-19-24-20(25-29-19)17-11-10-16(27-4)12-18(17)28-5/h6-12H,13H2,1-5H3,(H,23,26). The van der Waals surface area contributed by atoms with E-state index in [-0.39, 0.29) is 17.9 Å². The van der Waals surface area contributed by atoms with Crippen molar-refractivity contribution in [3.63, 3.8) is 0 Å². The lowest BCUT2D eigenvalue weighted by Crippen LogP contribution is -2.23. The van der Waals surface area contributed by atoms with Gasteiger partial charge in [0.15, 0.2) is 0 Å². The normalized spacial score (nSPS) is 11.2. The van der Waals surface area contributed by atoms with E-state index in [1.165, 1.54) is 5.56 Å². The van der Waals surface area contributed by atoms with Crippen LogP contribution in [0.5, 0.6) is 11.5 Å². The molecule has 1 amide bonds. The smallest absolute Gasteiger partial charge is 0.251 e. The van der Waals surface area contributed by atoms with Gasteiger partial charge in [0, 0.05) is 11.6 Å². The molecule has 7 heteroatoms. The maximum Gasteiger partial charge on any atom is 0.251 e. The van der Waals surface area contributed by atoms with Gasteiger partial charge in [-0.2, -0.15) is 4.98 Å². The monoisotopic (exact) mass is 395 g/mol. The largest absolute Gasteiger partial charge is 0.497 e. The molecule has 0 bridgehead atoms. The number of benzene rings is 2. The van der Waals surface area contributed by atoms with Gasteiger partial charge >= 0.3 is 0 Å². The van der Waals surface area contributed by atoms with Gasteiger partial charge in [-0.05, 0) is 35.2 Å². The van der Waals surface area contributed by atoms with Crippen molar-refractivity contribution < 1.29 is 18.8 Å². The topological polar surface area (TPSA) is 86.5 Å². The van der Waals surface area contributed by atoms with Gasteiger partial charge in [0.1, 0.15) is 11.5 Å². The molecule has 0 saturated heterocycles. The van der Waals surface area contributed by atoms with Crippen molar-refractivity contribution in [2.24, 2.45) is 0 Å². The van der Waals surface area contributed by atoms with Crippen LogP contribution < -0.4 is 14.8 Å². The Hall–Kier alpha value is -3.35. The Bertz CT molecular complexity index is 988. The average molecular weight is 395 g/mol. The summed E-state index contributed by atoms with van der Waals surface area (Å²) in [6.07, 6.45) is 0. The Morgan fingerprint density at radius 1 is 1.07 bits per heavy atom. The summed E-state index contributed by atoms with van der Waals surface area (Å²) in [6, 6.07) is 12.9. The summed E-state index contributed by atoms with van der Waals surface area (Å²) in [6.45, 7) is 6.53. The van der Waals surface area contributed by atoms with Crippen LogP contribution in [0.1, 0.15) is 42.6 Å². The molecule has 0 spiro atoms. The molecule has 1 N–H and O–H groups in total. The molecule has 0 atom stereocenters. The van der Waals surface area contributed by atoms with E-state index < -0.39 is 0 Å². The zero-order valence-electron chi connectivity index (χ0n) is 17.3. The van der Waals surface area contributed by atoms with Gasteiger partial charge in [-0.3, -0.25) is 4.79 Å². The lowest BCUT2D eigenvalue weighted by Gasteiger charge is -2.18. The van der Waals surface area contributed by atoms with Gasteiger partial charge in [-0.15, -0.1) is 0 Å². The number of aromatic nitrogens is 2. The number of carbonyl (C=O) groups is 1. The number of nitrogens with zero attached hydrogens (tertiary/aromatic N) is 2. The third kappa shape index (κ3) is 4.74. The lowest BCUT2D eigenvalue weighted by molar-refractivity contribution is 0.0946. The fourth-order valence-electron chi connectivity index (χ4n) is 2.80. The highest BCUT2D eigenvalue weighted by Gasteiger charge is 2.16. The van der Waals surface area contributed by atoms with E-state index >= 15 is 0 Å². The summed E-state index contributed by atoms with van der Waals surface area (Å²) < 4.78 is 15.8. The molecule has 29 heavy (non-hydrogen) atoms. The number of rotatable bonds is 6. The van der Waals surface area contributed by atoms with Gasteiger partial charge in [-0.1, -0.05) is 38.1 Å². The molecule has 152 valence electrons. The van der Waals surface area contributed by atoms with E-state index in [4.69, 9.17) is 14.0 Å². The minimum Gasteiger partial charge on any atom is -0.497 e. The molecular weight excluding hydrogens is 370 g/mol. The molecule has 0 fully saturated rings. The van der Waals surface area contributed by atoms with Crippen molar-refractivity contribution in [3.8, 4) is 22.9 Å². The highest BCUT2D eigenvalue weighted by molar-refractivity contribution is 5.94. The van der Waals surface area contributed by atoms with Crippen molar-refractivity contribution in [1.29, 1.82) is 0 Å². The van der Waals surface area contributed by atoms with E-state index in [0.29, 0.717) is 34.3 Å². The molecule has 0 aliphatic heterocycles. The van der Waals surface area contributed by atoms with Gasteiger partial charge < -0.3 is 19.3 Å². The van der Waals surface area contributed by atoms with Crippen LogP contribution in [0.15, 0.2) is 47.0 Å². The summed E-state index contributed by atoms with van der Waals surface area (Å²) >= 11 is 0. The number of hydrogen-bond acceptors (Lipinski definition) is 6. The first-order chi connectivity index (χ1) is 13.8. The summed E-state index contributed by atoms with van der Waals surface area (Å²) in [7, 11) is 3.14. The SMILES string of the molecule is COc1ccc(-c2noc(CNC(=O)c3ccc(C(C)(C)C)cc3)n2)c(OC)c1. The molecule has 0 radical (unpaired) electrons. The van der Waals surface area contributed by atoms with E-state index in [1.807, 2.05) is 24.3 Å². The molecule has 0 aliphatic carbocycles. The average Bonchev–Trinajstić information content (AvgIpc) is 3.19. The lowest BCUT2D eigenvalue weighted by atomic mass is 9.87. The molecule has 1 heterocycles. The minimum absolute atomic E-state index is 0.0394. The molecule has 3 rings (SSSR count). The van der Waals surface area contributed by atoms with E-state index in [0.717, 1.165) is 0 Å². The predicted molar refractivity (Wildman–Crippen MR) is 109 cm³/mol. The highest BCUT2D eigenvalue weighted by Crippen LogP contribution is 2.31. The number of ether oxygens (including phenoxy) is 2. The van der Waals surface area contributed by atoms with Crippen LogP contribution in [-0.2, 0) is 12.0 Å². The van der Waals surface area contributed by atoms with Crippen LogP contribution >= 0.6 is 0 Å². The minimum atomic E-state index is -0.202. The Kier molecular flexibility index (Phi) is 5.87. The fraction of sp³-hybridized carbons (Fsp3) is 0.318. The van der Waals surface area contributed by atoms with Gasteiger partial charge in [0.25, 0.3) is 5.91 Å². The Morgan fingerprint density at radius 3 is 2.41 bits per heavy atom. The molecule has 3 aromatic rings. The first-order valence-electron chi connectivity index (χ1n) is 9.25. The van der Waals surface area contributed by atoms with Crippen LogP contribution in [-0.4, -0.2) is 30.3 Å². The van der Waals surface area contributed by atoms with Gasteiger partial charge in [-0.25, -0.2) is 0 Å². The molecule has 0 saturated carbocycles. The second-order valence-corrected chi connectivity index (χ2v) is 7.59. The summed E-state index contributed by atoms with van der Waals surface area (Å²) in [5.41, 5.74) is 2.46. The number of amides is 1. The van der Waals surface area contributed by atoms with Crippen LogP contribution in [0, 0.1) is 0 Å². The van der Waals surface area contributed by atoms with Crippen molar-refractivity contribution in [2.75, 3.05) is 14.2 Å². The molecule has 0 unspecified atom stereocenters.